The predicted molar refractivity (Wildman–Crippen MR) is 88.3 cm³/mol. The maximum absolute atomic E-state index is 11.5. The van der Waals surface area contributed by atoms with Crippen LogP contribution < -0.4 is 5.32 Å². The zero-order chi connectivity index (χ0) is 15.4. The summed E-state index contributed by atoms with van der Waals surface area (Å²) in [6.45, 7) is 0.0708. The van der Waals surface area contributed by atoms with Crippen LogP contribution in [0.1, 0.15) is 28.4 Å². The number of carbonyl (C=O) groups is 1. The number of hydrogen-bond acceptors (Lipinski definition) is 2. The molecule has 0 radical (unpaired) electrons. The summed E-state index contributed by atoms with van der Waals surface area (Å²) in [5, 5.41) is 2.60. The van der Waals surface area contributed by atoms with Gasteiger partial charge in [-0.2, -0.15) is 0 Å². The van der Waals surface area contributed by atoms with Crippen LogP contribution in [0.2, 0.25) is 0 Å². The average molecular weight is 293 g/mol. The third-order valence-corrected chi connectivity index (χ3v) is 3.94. The molecule has 1 N–H and O–H groups in total. The molecule has 0 aromatic heterocycles. The number of hydrogen-bond donors (Lipinski definition) is 1. The molecule has 112 valence electrons. The molecule has 1 unspecified atom stereocenters. The maximum atomic E-state index is 11.5. The summed E-state index contributed by atoms with van der Waals surface area (Å²) >= 11 is 0. The van der Waals surface area contributed by atoms with Crippen LogP contribution in [0.25, 0.3) is 12.2 Å². The fourth-order valence-corrected chi connectivity index (χ4v) is 2.72. The van der Waals surface area contributed by atoms with E-state index in [0.29, 0.717) is 0 Å². The molecular formula is C19H19NO2. The molecule has 1 aliphatic carbocycles. The lowest BCUT2D eigenvalue weighted by molar-refractivity contribution is -0.127. The first-order valence-corrected chi connectivity index (χ1v) is 7.45. The number of benzene rings is 2. The molecule has 0 saturated carbocycles. The van der Waals surface area contributed by atoms with Crippen molar-refractivity contribution in [1.29, 1.82) is 0 Å². The lowest BCUT2D eigenvalue weighted by Gasteiger charge is -2.23. The molecule has 0 spiro atoms. The van der Waals surface area contributed by atoms with Gasteiger partial charge in [0.1, 0.15) is 6.61 Å². The molecule has 3 heteroatoms. The highest BCUT2D eigenvalue weighted by Crippen LogP contribution is 2.30. The van der Waals surface area contributed by atoms with Crippen molar-refractivity contribution in [1.82, 2.24) is 5.32 Å². The van der Waals surface area contributed by atoms with Gasteiger partial charge in [-0.3, -0.25) is 4.79 Å². The fourth-order valence-electron chi connectivity index (χ4n) is 2.72. The first-order valence-electron chi connectivity index (χ1n) is 7.45. The van der Waals surface area contributed by atoms with Crippen LogP contribution in [0.5, 0.6) is 0 Å². The number of carbonyl (C=O) groups excluding carboxylic acids is 1. The van der Waals surface area contributed by atoms with Crippen molar-refractivity contribution in [3.63, 3.8) is 0 Å². The van der Waals surface area contributed by atoms with Crippen molar-refractivity contribution < 1.29 is 9.53 Å². The van der Waals surface area contributed by atoms with E-state index in [1.54, 1.807) is 7.05 Å². The monoisotopic (exact) mass is 293 g/mol. The van der Waals surface area contributed by atoms with Gasteiger partial charge in [-0.15, -0.1) is 0 Å². The summed E-state index contributed by atoms with van der Waals surface area (Å²) in [6, 6.07) is 16.5. The Hall–Kier alpha value is -2.39. The average Bonchev–Trinajstić information content (AvgIpc) is 2.55. The molecule has 1 atom stereocenters. The maximum Gasteiger partial charge on any atom is 0.245 e. The number of fused-ring (bicyclic) bond motifs is 2. The van der Waals surface area contributed by atoms with Crippen molar-refractivity contribution in [2.45, 2.75) is 12.5 Å². The van der Waals surface area contributed by atoms with Crippen LogP contribution in [0.15, 0.2) is 48.5 Å². The quantitative estimate of drug-likeness (QED) is 0.943. The second kappa shape index (κ2) is 6.58. The lowest BCUT2D eigenvalue weighted by atomic mass is 9.91. The largest absolute Gasteiger partial charge is 0.363 e. The van der Waals surface area contributed by atoms with E-state index in [4.69, 9.17) is 4.74 Å². The summed E-state index contributed by atoms with van der Waals surface area (Å²) < 4.78 is 5.91. The Morgan fingerprint density at radius 2 is 1.77 bits per heavy atom. The van der Waals surface area contributed by atoms with E-state index >= 15 is 0 Å². The van der Waals surface area contributed by atoms with Crippen LogP contribution in [0.4, 0.5) is 0 Å². The normalized spacial score (nSPS) is 16.1. The molecule has 1 amide bonds. The number of likely N-dealkylation sites (N-methyl/N-ethyl adjacent to an activating group) is 1. The lowest BCUT2D eigenvalue weighted by Crippen LogP contribution is -2.25. The second-order valence-corrected chi connectivity index (χ2v) is 5.34. The molecule has 3 nitrogen and oxygen atoms in total. The van der Waals surface area contributed by atoms with Gasteiger partial charge in [0.2, 0.25) is 5.91 Å². The van der Waals surface area contributed by atoms with Crippen LogP contribution in [-0.4, -0.2) is 19.6 Å². The van der Waals surface area contributed by atoms with Crippen LogP contribution in [-0.2, 0) is 16.0 Å². The Balaban J connectivity index is 1.97. The van der Waals surface area contributed by atoms with E-state index in [9.17, 15) is 4.79 Å². The molecular weight excluding hydrogens is 274 g/mol. The Morgan fingerprint density at radius 1 is 1.09 bits per heavy atom. The highest BCUT2D eigenvalue weighted by atomic mass is 16.5. The topological polar surface area (TPSA) is 38.3 Å². The van der Waals surface area contributed by atoms with Gasteiger partial charge in [0, 0.05) is 13.5 Å². The summed E-state index contributed by atoms with van der Waals surface area (Å²) in [7, 11) is 1.62. The van der Waals surface area contributed by atoms with Crippen molar-refractivity contribution in [2.75, 3.05) is 13.7 Å². The third kappa shape index (κ3) is 3.10. The number of ether oxygens (including phenoxy) is 1. The Morgan fingerprint density at radius 3 is 2.59 bits per heavy atom. The van der Waals surface area contributed by atoms with E-state index in [-0.39, 0.29) is 18.6 Å². The molecule has 0 saturated heterocycles. The molecule has 0 fully saturated rings. The van der Waals surface area contributed by atoms with Crippen LogP contribution >= 0.6 is 0 Å². The van der Waals surface area contributed by atoms with Gasteiger partial charge in [0.05, 0.1) is 6.10 Å². The predicted octanol–water partition coefficient (Wildman–Crippen LogP) is 3.22. The van der Waals surface area contributed by atoms with Crippen LogP contribution in [0.3, 0.4) is 0 Å². The molecule has 22 heavy (non-hydrogen) atoms. The van der Waals surface area contributed by atoms with Gasteiger partial charge in [0.25, 0.3) is 0 Å². The SMILES string of the molecule is CNC(=O)COC1Cc2ccccc2C=Cc2ccccc21. The molecule has 2 aromatic rings. The summed E-state index contributed by atoms with van der Waals surface area (Å²) in [5.74, 6) is -0.108. The molecule has 1 aliphatic rings. The molecule has 0 heterocycles. The summed E-state index contributed by atoms with van der Waals surface area (Å²) in [4.78, 5) is 11.5. The van der Waals surface area contributed by atoms with Crippen LogP contribution in [0, 0.1) is 0 Å². The van der Waals surface area contributed by atoms with E-state index in [1.807, 2.05) is 24.3 Å². The van der Waals surface area contributed by atoms with Crippen molar-refractivity contribution in [3.05, 3.63) is 70.8 Å². The highest BCUT2D eigenvalue weighted by molar-refractivity contribution is 5.77. The number of nitrogens with one attached hydrogen (secondary N) is 1. The van der Waals surface area contributed by atoms with E-state index in [1.165, 1.54) is 11.1 Å². The summed E-state index contributed by atoms with van der Waals surface area (Å²) in [5.41, 5.74) is 4.69. The van der Waals surface area contributed by atoms with E-state index in [0.717, 1.165) is 17.5 Å². The van der Waals surface area contributed by atoms with Crippen molar-refractivity contribution in [3.8, 4) is 0 Å². The second-order valence-electron chi connectivity index (χ2n) is 5.34. The van der Waals surface area contributed by atoms with E-state index < -0.39 is 0 Å². The zero-order valence-corrected chi connectivity index (χ0v) is 12.6. The van der Waals surface area contributed by atoms with Crippen molar-refractivity contribution in [2.24, 2.45) is 0 Å². The Kier molecular flexibility index (Phi) is 4.35. The van der Waals surface area contributed by atoms with Gasteiger partial charge in [-0.05, 0) is 22.3 Å². The van der Waals surface area contributed by atoms with Gasteiger partial charge < -0.3 is 10.1 Å². The minimum Gasteiger partial charge on any atom is -0.363 e. The fraction of sp³-hybridized carbons (Fsp3) is 0.211. The number of amides is 1. The standard InChI is InChI=1S/C19H19NO2/c1-20-19(21)13-22-18-12-16-8-3-2-6-14(16)10-11-15-7-4-5-9-17(15)18/h2-11,18H,12-13H2,1H3,(H,20,21). The Labute approximate surface area is 130 Å². The van der Waals surface area contributed by atoms with Gasteiger partial charge in [-0.1, -0.05) is 60.7 Å². The Bertz CT molecular complexity index is 706. The van der Waals surface area contributed by atoms with Crippen molar-refractivity contribution >= 4 is 18.1 Å². The van der Waals surface area contributed by atoms with E-state index in [2.05, 4.69) is 41.7 Å². The molecule has 2 aromatic carbocycles. The van der Waals surface area contributed by atoms with Gasteiger partial charge >= 0.3 is 0 Å². The molecule has 3 rings (SSSR count). The smallest absolute Gasteiger partial charge is 0.245 e. The highest BCUT2D eigenvalue weighted by Gasteiger charge is 2.19. The minimum absolute atomic E-state index is 0.0708. The van der Waals surface area contributed by atoms with Gasteiger partial charge in [-0.25, -0.2) is 0 Å². The first kappa shape index (κ1) is 14.5. The summed E-state index contributed by atoms with van der Waals surface area (Å²) in [6.07, 6.45) is 4.89. The van der Waals surface area contributed by atoms with Gasteiger partial charge in [0.15, 0.2) is 0 Å². The third-order valence-electron chi connectivity index (χ3n) is 3.94. The molecule has 0 aliphatic heterocycles. The molecule has 0 bridgehead atoms. The minimum atomic E-state index is -0.125. The zero-order valence-electron chi connectivity index (χ0n) is 12.6. The first-order chi connectivity index (χ1) is 10.8. The number of rotatable bonds is 3.